The fourth-order valence-corrected chi connectivity index (χ4v) is 3.06. The quantitative estimate of drug-likeness (QED) is 0.876. The van der Waals surface area contributed by atoms with Crippen molar-refractivity contribution in [2.45, 2.75) is 44.6 Å². The zero-order valence-electron chi connectivity index (χ0n) is 11.8. The summed E-state index contributed by atoms with van der Waals surface area (Å²) in [5.41, 5.74) is 2.61. The topological polar surface area (TPSA) is 66.5 Å². The van der Waals surface area contributed by atoms with Gasteiger partial charge in [0.25, 0.3) is 0 Å². The number of aryl methyl sites for hydroxylation is 1. The third kappa shape index (κ3) is 2.58. The minimum atomic E-state index is 0.173. The fourth-order valence-electron chi connectivity index (χ4n) is 3.06. The lowest BCUT2D eigenvalue weighted by molar-refractivity contribution is 0.381. The minimum absolute atomic E-state index is 0.173. The summed E-state index contributed by atoms with van der Waals surface area (Å²) in [4.78, 5) is 9.00. The average molecular weight is 271 g/mol. The van der Waals surface area contributed by atoms with Crippen LogP contribution in [0.5, 0.6) is 0 Å². The molecular formula is C15H21N5. The average Bonchev–Trinajstić information content (AvgIpc) is 3.02. The van der Waals surface area contributed by atoms with Crippen LogP contribution in [-0.2, 0) is 6.42 Å². The second kappa shape index (κ2) is 6.13. The van der Waals surface area contributed by atoms with Gasteiger partial charge >= 0.3 is 0 Å². The van der Waals surface area contributed by atoms with E-state index in [-0.39, 0.29) is 6.04 Å². The summed E-state index contributed by atoms with van der Waals surface area (Å²) < 4.78 is 0. The number of hydrogen-bond acceptors (Lipinski definition) is 4. The number of aromatic amines is 1. The Morgan fingerprint density at radius 3 is 3.20 bits per heavy atom. The first-order chi connectivity index (χ1) is 9.90. The highest BCUT2D eigenvalue weighted by molar-refractivity contribution is 5.28. The number of nitrogens with zero attached hydrogens (tertiary/aromatic N) is 3. The van der Waals surface area contributed by atoms with Gasteiger partial charge in [-0.2, -0.15) is 5.10 Å². The number of rotatable bonds is 5. The molecule has 1 aliphatic carbocycles. The molecule has 106 valence electrons. The maximum atomic E-state index is 4.64. The second-order valence-electron chi connectivity index (χ2n) is 5.35. The van der Waals surface area contributed by atoms with E-state index in [2.05, 4.69) is 38.5 Å². The molecule has 0 bridgehead atoms. The molecule has 0 spiro atoms. The maximum absolute atomic E-state index is 4.64. The van der Waals surface area contributed by atoms with Gasteiger partial charge in [0.15, 0.2) is 0 Å². The Morgan fingerprint density at radius 1 is 1.45 bits per heavy atom. The molecular weight excluding hydrogens is 250 g/mol. The van der Waals surface area contributed by atoms with Crippen molar-refractivity contribution in [2.75, 3.05) is 6.54 Å². The Morgan fingerprint density at radius 2 is 2.40 bits per heavy atom. The van der Waals surface area contributed by atoms with Gasteiger partial charge in [-0.3, -0.25) is 10.1 Å². The summed E-state index contributed by atoms with van der Waals surface area (Å²) in [6, 6.07) is 4.40. The van der Waals surface area contributed by atoms with Crippen molar-refractivity contribution in [3.63, 3.8) is 0 Å². The summed E-state index contributed by atoms with van der Waals surface area (Å²) in [5.74, 6) is 1.29. The molecule has 0 saturated heterocycles. The highest BCUT2D eigenvalue weighted by atomic mass is 15.2. The molecule has 0 amide bonds. The third-order valence-corrected chi connectivity index (χ3v) is 3.98. The Labute approximate surface area is 119 Å². The lowest BCUT2D eigenvalue weighted by atomic mass is 9.81. The van der Waals surface area contributed by atoms with Crippen molar-refractivity contribution < 1.29 is 0 Å². The van der Waals surface area contributed by atoms with Crippen molar-refractivity contribution in [1.29, 1.82) is 0 Å². The Kier molecular flexibility index (Phi) is 4.06. The molecule has 2 N–H and O–H groups in total. The van der Waals surface area contributed by atoms with Gasteiger partial charge in [-0.25, -0.2) is 4.98 Å². The van der Waals surface area contributed by atoms with Gasteiger partial charge in [-0.15, -0.1) is 0 Å². The molecule has 1 aliphatic rings. The molecule has 3 rings (SSSR count). The molecule has 5 nitrogen and oxygen atoms in total. The van der Waals surface area contributed by atoms with Crippen LogP contribution >= 0.6 is 0 Å². The number of fused-ring (bicyclic) bond motifs is 1. The molecule has 20 heavy (non-hydrogen) atoms. The molecule has 2 heterocycles. The largest absolute Gasteiger partial charge is 0.307 e. The molecule has 2 aromatic heterocycles. The van der Waals surface area contributed by atoms with E-state index in [0.29, 0.717) is 5.92 Å². The van der Waals surface area contributed by atoms with Crippen LogP contribution in [0.1, 0.15) is 55.2 Å². The minimum Gasteiger partial charge on any atom is -0.307 e. The summed E-state index contributed by atoms with van der Waals surface area (Å²) in [6.07, 6.45) is 8.07. The smallest absolute Gasteiger partial charge is 0.142 e. The number of H-pyrrole nitrogens is 1. The van der Waals surface area contributed by atoms with Crippen LogP contribution in [0.2, 0.25) is 0 Å². The van der Waals surface area contributed by atoms with Crippen molar-refractivity contribution in [3.05, 3.63) is 41.7 Å². The lowest BCUT2D eigenvalue weighted by Gasteiger charge is -2.30. The highest BCUT2D eigenvalue weighted by Gasteiger charge is 2.31. The van der Waals surface area contributed by atoms with Crippen LogP contribution in [0.4, 0.5) is 0 Å². The normalized spacial score (nSPS) is 19.6. The van der Waals surface area contributed by atoms with Crippen LogP contribution in [-0.4, -0.2) is 26.7 Å². The van der Waals surface area contributed by atoms with Crippen LogP contribution in [0, 0.1) is 0 Å². The van der Waals surface area contributed by atoms with E-state index in [0.717, 1.165) is 31.6 Å². The van der Waals surface area contributed by atoms with Gasteiger partial charge in [-0.1, -0.05) is 13.0 Å². The van der Waals surface area contributed by atoms with Gasteiger partial charge in [0.05, 0.1) is 6.04 Å². The molecule has 2 atom stereocenters. The van der Waals surface area contributed by atoms with Gasteiger partial charge < -0.3 is 5.32 Å². The van der Waals surface area contributed by atoms with Gasteiger partial charge in [0, 0.05) is 17.8 Å². The molecule has 0 aliphatic heterocycles. The zero-order chi connectivity index (χ0) is 13.8. The summed E-state index contributed by atoms with van der Waals surface area (Å²) in [7, 11) is 0. The summed E-state index contributed by atoms with van der Waals surface area (Å²) >= 11 is 0. The van der Waals surface area contributed by atoms with Gasteiger partial charge in [0.1, 0.15) is 12.2 Å². The van der Waals surface area contributed by atoms with E-state index in [1.54, 1.807) is 6.33 Å². The van der Waals surface area contributed by atoms with Crippen molar-refractivity contribution in [1.82, 2.24) is 25.5 Å². The van der Waals surface area contributed by atoms with E-state index >= 15 is 0 Å². The molecule has 0 radical (unpaired) electrons. The fraction of sp³-hybridized carbons (Fsp3) is 0.533. The van der Waals surface area contributed by atoms with Crippen molar-refractivity contribution in [2.24, 2.45) is 0 Å². The lowest BCUT2D eigenvalue weighted by Crippen LogP contribution is -2.31. The molecule has 0 aromatic carbocycles. The molecule has 5 heteroatoms. The standard InChI is InChI=1S/C15H21N5/c1-2-8-16-14(15-18-10-19-20-15)12-7-3-5-11-6-4-9-17-13(11)12/h4,6,9-10,12,14,16H,2-3,5,7-8H2,1H3,(H,18,19,20). The second-order valence-corrected chi connectivity index (χ2v) is 5.35. The first-order valence-corrected chi connectivity index (χ1v) is 7.42. The molecule has 0 fully saturated rings. The highest BCUT2D eigenvalue weighted by Crippen LogP contribution is 2.38. The van der Waals surface area contributed by atoms with E-state index in [1.807, 2.05) is 12.3 Å². The Hall–Kier alpha value is -1.75. The van der Waals surface area contributed by atoms with Gasteiger partial charge in [-0.05, 0) is 43.9 Å². The van der Waals surface area contributed by atoms with E-state index in [4.69, 9.17) is 0 Å². The van der Waals surface area contributed by atoms with Crippen LogP contribution < -0.4 is 5.32 Å². The summed E-state index contributed by atoms with van der Waals surface area (Å²) in [5, 5.41) is 10.6. The van der Waals surface area contributed by atoms with E-state index in [1.165, 1.54) is 17.7 Å². The first-order valence-electron chi connectivity index (χ1n) is 7.42. The molecule has 2 unspecified atom stereocenters. The number of pyridine rings is 1. The number of aromatic nitrogens is 4. The van der Waals surface area contributed by atoms with Crippen LogP contribution in [0.25, 0.3) is 0 Å². The monoisotopic (exact) mass is 271 g/mol. The number of hydrogen-bond donors (Lipinski definition) is 2. The molecule has 2 aromatic rings. The van der Waals surface area contributed by atoms with Crippen molar-refractivity contribution >= 4 is 0 Å². The zero-order valence-corrected chi connectivity index (χ0v) is 11.8. The van der Waals surface area contributed by atoms with Crippen molar-refractivity contribution in [3.8, 4) is 0 Å². The van der Waals surface area contributed by atoms with Crippen LogP contribution in [0.15, 0.2) is 24.7 Å². The predicted molar refractivity (Wildman–Crippen MR) is 77.3 cm³/mol. The number of nitrogens with one attached hydrogen (secondary N) is 2. The summed E-state index contributed by atoms with van der Waals surface area (Å²) in [6.45, 7) is 3.15. The van der Waals surface area contributed by atoms with E-state index in [9.17, 15) is 0 Å². The Bertz CT molecular complexity index is 537. The Balaban J connectivity index is 1.92. The van der Waals surface area contributed by atoms with Crippen LogP contribution in [0.3, 0.4) is 0 Å². The third-order valence-electron chi connectivity index (χ3n) is 3.98. The van der Waals surface area contributed by atoms with Gasteiger partial charge in [0.2, 0.25) is 0 Å². The SMILES string of the molecule is CCCNC(c1ncn[nH]1)C1CCCc2cccnc21. The maximum Gasteiger partial charge on any atom is 0.142 e. The predicted octanol–water partition coefficient (Wildman–Crippen LogP) is 2.36. The molecule has 0 saturated carbocycles. The first kappa shape index (κ1) is 13.2. The van der Waals surface area contributed by atoms with E-state index < -0.39 is 0 Å².